The molecule has 1 aromatic rings. The molecule has 0 radical (unpaired) electrons. The smallest absolute Gasteiger partial charge is 0.306 e. The van der Waals surface area contributed by atoms with Gasteiger partial charge in [-0.05, 0) is 30.9 Å². The molecule has 1 N–H and O–H groups in total. The van der Waals surface area contributed by atoms with E-state index < -0.39 is 5.97 Å². The molecule has 102 valence electrons. The van der Waals surface area contributed by atoms with Gasteiger partial charge in [0.1, 0.15) is 0 Å². The van der Waals surface area contributed by atoms with Crippen molar-refractivity contribution in [2.24, 2.45) is 5.92 Å². The molecule has 0 aromatic heterocycles. The Kier molecular flexibility index (Phi) is 3.88. The Morgan fingerprint density at radius 1 is 1.32 bits per heavy atom. The molecule has 2 rings (SSSR count). The minimum atomic E-state index is -0.754. The van der Waals surface area contributed by atoms with E-state index in [4.69, 9.17) is 5.11 Å². The van der Waals surface area contributed by atoms with Crippen molar-refractivity contribution in [3.05, 3.63) is 35.4 Å². The van der Waals surface area contributed by atoms with E-state index in [-0.39, 0.29) is 17.9 Å². The van der Waals surface area contributed by atoms with Gasteiger partial charge in [0, 0.05) is 13.1 Å². The van der Waals surface area contributed by atoms with Crippen LogP contribution in [0.1, 0.15) is 24.0 Å². The fourth-order valence-corrected chi connectivity index (χ4v) is 2.41. The van der Waals surface area contributed by atoms with Crippen molar-refractivity contribution in [3.8, 4) is 0 Å². The second-order valence-corrected chi connectivity index (χ2v) is 5.27. The van der Waals surface area contributed by atoms with Gasteiger partial charge in [0.2, 0.25) is 5.91 Å². The number of carboxylic acid groups (broad SMARTS) is 1. The maximum atomic E-state index is 12.2. The monoisotopic (exact) mass is 261 g/mol. The van der Waals surface area contributed by atoms with Crippen LogP contribution in [0.4, 0.5) is 0 Å². The zero-order valence-corrected chi connectivity index (χ0v) is 11.3. The zero-order valence-electron chi connectivity index (χ0n) is 11.3. The number of nitrogens with zero attached hydrogens (tertiary/aromatic N) is 1. The fraction of sp³-hybridized carbons (Fsp3) is 0.467. The van der Waals surface area contributed by atoms with Gasteiger partial charge < -0.3 is 10.0 Å². The molecule has 1 saturated carbocycles. The van der Waals surface area contributed by atoms with E-state index in [2.05, 4.69) is 0 Å². The molecule has 0 spiro atoms. The Morgan fingerprint density at radius 3 is 2.53 bits per heavy atom. The maximum absolute atomic E-state index is 12.2. The van der Waals surface area contributed by atoms with Crippen LogP contribution in [0, 0.1) is 12.8 Å². The molecule has 4 heteroatoms. The van der Waals surface area contributed by atoms with Crippen molar-refractivity contribution in [1.29, 1.82) is 0 Å². The number of hydrogen-bond donors (Lipinski definition) is 1. The van der Waals surface area contributed by atoms with Gasteiger partial charge in [0.15, 0.2) is 0 Å². The molecule has 1 amide bonds. The number of likely N-dealkylation sites (N-methyl/N-ethyl adjacent to an activating group) is 1. The number of rotatable bonds is 4. The number of aryl methyl sites for hydroxylation is 1. The number of carbonyl (C=O) groups is 2. The van der Waals surface area contributed by atoms with Crippen LogP contribution in [-0.4, -0.2) is 35.0 Å². The average Bonchev–Trinajstić information content (AvgIpc) is 2.29. The van der Waals surface area contributed by atoms with Crippen molar-refractivity contribution in [3.63, 3.8) is 0 Å². The third-order valence-electron chi connectivity index (χ3n) is 4.01. The van der Waals surface area contributed by atoms with Gasteiger partial charge in [0.05, 0.1) is 12.3 Å². The van der Waals surface area contributed by atoms with Gasteiger partial charge >= 0.3 is 5.97 Å². The Morgan fingerprint density at radius 2 is 1.95 bits per heavy atom. The predicted octanol–water partition coefficient (Wildman–Crippen LogP) is 1.86. The topological polar surface area (TPSA) is 57.6 Å². The summed E-state index contributed by atoms with van der Waals surface area (Å²) in [5.41, 5.74) is 2.15. The Hall–Kier alpha value is -1.84. The molecule has 0 atom stereocenters. The summed E-state index contributed by atoms with van der Waals surface area (Å²) in [6.07, 6.45) is 1.54. The Labute approximate surface area is 113 Å². The highest BCUT2D eigenvalue weighted by Gasteiger charge is 2.38. The molecule has 0 aliphatic heterocycles. The SMILES string of the molecule is Cc1ccccc1CC(=O)N(C)C1CC(C(=O)O)C1. The number of carboxylic acids is 1. The number of benzene rings is 1. The van der Waals surface area contributed by atoms with Crippen LogP contribution < -0.4 is 0 Å². The first-order valence-electron chi connectivity index (χ1n) is 6.52. The first-order chi connectivity index (χ1) is 8.99. The molecule has 1 aromatic carbocycles. The Balaban J connectivity index is 1.91. The standard InChI is InChI=1S/C15H19NO3/c1-10-5-3-4-6-11(10)9-14(17)16(2)13-7-12(8-13)15(18)19/h3-6,12-13H,7-9H2,1-2H3,(H,18,19). The van der Waals surface area contributed by atoms with E-state index in [1.54, 1.807) is 11.9 Å². The second-order valence-electron chi connectivity index (χ2n) is 5.27. The third-order valence-corrected chi connectivity index (χ3v) is 4.01. The van der Waals surface area contributed by atoms with E-state index in [9.17, 15) is 9.59 Å². The van der Waals surface area contributed by atoms with Gasteiger partial charge in [-0.25, -0.2) is 0 Å². The number of aliphatic carboxylic acids is 1. The summed E-state index contributed by atoms with van der Waals surface area (Å²) in [5.74, 6) is -0.974. The summed E-state index contributed by atoms with van der Waals surface area (Å²) in [5, 5.41) is 8.84. The van der Waals surface area contributed by atoms with Crippen LogP contribution >= 0.6 is 0 Å². The largest absolute Gasteiger partial charge is 0.481 e. The lowest BCUT2D eigenvalue weighted by Crippen LogP contribution is -2.48. The lowest BCUT2D eigenvalue weighted by atomic mass is 9.79. The fourth-order valence-electron chi connectivity index (χ4n) is 2.41. The van der Waals surface area contributed by atoms with Gasteiger partial charge in [-0.15, -0.1) is 0 Å². The highest BCUT2D eigenvalue weighted by molar-refractivity contribution is 5.80. The van der Waals surface area contributed by atoms with Crippen molar-refractivity contribution in [2.45, 2.75) is 32.2 Å². The van der Waals surface area contributed by atoms with E-state index in [0.717, 1.165) is 11.1 Å². The zero-order chi connectivity index (χ0) is 14.0. The predicted molar refractivity (Wildman–Crippen MR) is 71.8 cm³/mol. The van der Waals surface area contributed by atoms with Crippen LogP contribution in [0.25, 0.3) is 0 Å². The molecule has 0 unspecified atom stereocenters. The minimum Gasteiger partial charge on any atom is -0.481 e. The number of carbonyl (C=O) groups excluding carboxylic acids is 1. The molecule has 1 aliphatic rings. The summed E-state index contributed by atoms with van der Waals surface area (Å²) >= 11 is 0. The van der Waals surface area contributed by atoms with Crippen LogP contribution in [0.2, 0.25) is 0 Å². The molecular weight excluding hydrogens is 242 g/mol. The van der Waals surface area contributed by atoms with Crippen molar-refractivity contribution >= 4 is 11.9 Å². The minimum absolute atomic E-state index is 0.0585. The lowest BCUT2D eigenvalue weighted by Gasteiger charge is -2.39. The number of amides is 1. The third kappa shape index (κ3) is 2.95. The molecule has 1 fully saturated rings. The van der Waals surface area contributed by atoms with Crippen LogP contribution in [0.3, 0.4) is 0 Å². The molecule has 4 nitrogen and oxygen atoms in total. The molecule has 0 saturated heterocycles. The molecular formula is C15H19NO3. The van der Waals surface area contributed by atoms with Crippen LogP contribution in [0.15, 0.2) is 24.3 Å². The lowest BCUT2D eigenvalue weighted by molar-refractivity contribution is -0.149. The van der Waals surface area contributed by atoms with Gasteiger partial charge in [-0.2, -0.15) is 0 Å². The van der Waals surface area contributed by atoms with Crippen molar-refractivity contribution in [2.75, 3.05) is 7.05 Å². The van der Waals surface area contributed by atoms with Crippen LogP contribution in [-0.2, 0) is 16.0 Å². The Bertz CT molecular complexity index is 492. The van der Waals surface area contributed by atoms with Crippen LogP contribution in [0.5, 0.6) is 0 Å². The average molecular weight is 261 g/mol. The molecule has 19 heavy (non-hydrogen) atoms. The summed E-state index contributed by atoms with van der Waals surface area (Å²) < 4.78 is 0. The van der Waals surface area contributed by atoms with E-state index in [1.807, 2.05) is 31.2 Å². The summed E-state index contributed by atoms with van der Waals surface area (Å²) in [4.78, 5) is 24.6. The van der Waals surface area contributed by atoms with Crippen molar-refractivity contribution < 1.29 is 14.7 Å². The van der Waals surface area contributed by atoms with E-state index in [0.29, 0.717) is 19.3 Å². The second kappa shape index (κ2) is 5.43. The van der Waals surface area contributed by atoms with Gasteiger partial charge in [-0.1, -0.05) is 24.3 Å². The normalized spacial score (nSPS) is 21.6. The first-order valence-corrected chi connectivity index (χ1v) is 6.52. The number of hydrogen-bond acceptors (Lipinski definition) is 2. The molecule has 1 aliphatic carbocycles. The summed E-state index contributed by atoms with van der Waals surface area (Å²) in [6, 6.07) is 7.92. The highest BCUT2D eigenvalue weighted by atomic mass is 16.4. The first kappa shape index (κ1) is 13.6. The molecule has 0 heterocycles. The molecule has 0 bridgehead atoms. The van der Waals surface area contributed by atoms with E-state index >= 15 is 0 Å². The van der Waals surface area contributed by atoms with Gasteiger partial charge in [-0.3, -0.25) is 9.59 Å². The van der Waals surface area contributed by atoms with Crippen molar-refractivity contribution in [1.82, 2.24) is 4.90 Å². The summed E-state index contributed by atoms with van der Waals surface area (Å²) in [6.45, 7) is 1.99. The van der Waals surface area contributed by atoms with E-state index in [1.165, 1.54) is 0 Å². The highest BCUT2D eigenvalue weighted by Crippen LogP contribution is 2.31. The maximum Gasteiger partial charge on any atom is 0.306 e. The quantitative estimate of drug-likeness (QED) is 0.900. The summed E-state index contributed by atoms with van der Waals surface area (Å²) in [7, 11) is 1.77. The van der Waals surface area contributed by atoms with Gasteiger partial charge in [0.25, 0.3) is 0 Å².